The molecule has 0 saturated heterocycles. The highest BCUT2D eigenvalue weighted by molar-refractivity contribution is 7.16. The van der Waals surface area contributed by atoms with Crippen LogP contribution in [0.3, 0.4) is 0 Å². The fourth-order valence-corrected chi connectivity index (χ4v) is 4.52. The minimum atomic E-state index is -0.547. The fourth-order valence-electron chi connectivity index (χ4n) is 2.95. The third-order valence-corrected chi connectivity index (χ3v) is 6.18. The van der Waals surface area contributed by atoms with Crippen molar-refractivity contribution in [3.8, 4) is 6.07 Å². The lowest BCUT2D eigenvalue weighted by atomic mass is 9.96. The molecule has 0 atom stereocenters. The second-order valence-electron chi connectivity index (χ2n) is 6.16. The molecule has 0 radical (unpaired) electrons. The molecule has 0 aliphatic heterocycles. The largest absolute Gasteiger partial charge is 0.455 e. The van der Waals surface area contributed by atoms with Crippen LogP contribution >= 0.6 is 34.5 Å². The summed E-state index contributed by atoms with van der Waals surface area (Å²) in [5, 5.41) is 13.4. The van der Waals surface area contributed by atoms with Gasteiger partial charge in [0.25, 0.3) is 5.91 Å². The molecule has 0 fully saturated rings. The van der Waals surface area contributed by atoms with Crippen molar-refractivity contribution >= 4 is 51.4 Å². The quantitative estimate of drug-likeness (QED) is 0.717. The maximum absolute atomic E-state index is 12.1. The van der Waals surface area contributed by atoms with E-state index < -0.39 is 18.5 Å². The number of esters is 1. The van der Waals surface area contributed by atoms with Gasteiger partial charge in [0.15, 0.2) is 6.61 Å². The van der Waals surface area contributed by atoms with E-state index in [1.807, 2.05) is 0 Å². The molecule has 1 heterocycles. The number of ether oxygens (including phenoxy) is 1. The second-order valence-corrected chi connectivity index (χ2v) is 8.08. The van der Waals surface area contributed by atoms with Gasteiger partial charge in [-0.3, -0.25) is 9.59 Å². The first-order chi connectivity index (χ1) is 13.0. The van der Waals surface area contributed by atoms with Crippen LogP contribution in [-0.2, 0) is 33.6 Å². The Hall–Kier alpha value is -2.07. The van der Waals surface area contributed by atoms with E-state index in [1.165, 1.54) is 11.3 Å². The Labute approximate surface area is 170 Å². The molecule has 2 aromatic rings. The number of amides is 1. The number of carbonyl (C=O) groups excluding carboxylic acids is 2. The molecule has 0 saturated carbocycles. The highest BCUT2D eigenvalue weighted by Gasteiger charge is 2.22. The van der Waals surface area contributed by atoms with Crippen molar-refractivity contribution in [3.63, 3.8) is 0 Å². The minimum Gasteiger partial charge on any atom is -0.455 e. The zero-order valence-electron chi connectivity index (χ0n) is 14.3. The van der Waals surface area contributed by atoms with E-state index in [1.54, 1.807) is 18.2 Å². The maximum Gasteiger partial charge on any atom is 0.310 e. The number of nitrogens with one attached hydrogen (secondary N) is 1. The number of fused-ring (bicyclic) bond motifs is 1. The summed E-state index contributed by atoms with van der Waals surface area (Å²) in [6.07, 6.45) is 3.93. The SMILES string of the molecule is N#Cc1c(NC(=O)COC(=O)Cc2ccc(Cl)c(Cl)c2)sc2c1CCCC2. The normalized spacial score (nSPS) is 12.8. The van der Waals surface area contributed by atoms with Gasteiger partial charge in [-0.2, -0.15) is 5.26 Å². The van der Waals surface area contributed by atoms with E-state index in [9.17, 15) is 14.9 Å². The topological polar surface area (TPSA) is 79.2 Å². The molecule has 1 amide bonds. The highest BCUT2D eigenvalue weighted by atomic mass is 35.5. The van der Waals surface area contributed by atoms with Crippen LogP contribution in [-0.4, -0.2) is 18.5 Å². The molecule has 8 heteroatoms. The van der Waals surface area contributed by atoms with Gasteiger partial charge >= 0.3 is 5.97 Å². The van der Waals surface area contributed by atoms with Gasteiger partial charge < -0.3 is 10.1 Å². The molecular weight excluding hydrogens is 407 g/mol. The van der Waals surface area contributed by atoms with Crippen LogP contribution in [0.2, 0.25) is 10.0 Å². The van der Waals surface area contributed by atoms with Crippen LogP contribution in [0.4, 0.5) is 5.00 Å². The molecule has 5 nitrogen and oxygen atoms in total. The molecule has 1 aromatic heterocycles. The second kappa shape index (κ2) is 8.75. The lowest BCUT2D eigenvalue weighted by Gasteiger charge is -2.09. The van der Waals surface area contributed by atoms with Crippen LogP contribution in [0, 0.1) is 11.3 Å². The van der Waals surface area contributed by atoms with Gasteiger partial charge in [-0.1, -0.05) is 29.3 Å². The number of nitrogens with zero attached hydrogens (tertiary/aromatic N) is 1. The Kier molecular flexibility index (Phi) is 6.38. The number of carbonyl (C=O) groups is 2. The van der Waals surface area contributed by atoms with Gasteiger partial charge in [0.2, 0.25) is 0 Å². The third kappa shape index (κ3) is 4.81. The molecule has 1 aliphatic rings. The average molecular weight is 423 g/mol. The van der Waals surface area contributed by atoms with E-state index in [0.717, 1.165) is 36.1 Å². The maximum atomic E-state index is 12.1. The molecule has 0 unspecified atom stereocenters. The number of hydrogen-bond acceptors (Lipinski definition) is 5. The Morgan fingerprint density at radius 1 is 1.22 bits per heavy atom. The van der Waals surface area contributed by atoms with Crippen LogP contribution in [0.5, 0.6) is 0 Å². The van der Waals surface area contributed by atoms with Crippen molar-refractivity contribution in [1.82, 2.24) is 0 Å². The van der Waals surface area contributed by atoms with E-state index in [0.29, 0.717) is 26.2 Å². The molecule has 1 aromatic carbocycles. The van der Waals surface area contributed by atoms with E-state index in [2.05, 4.69) is 11.4 Å². The molecule has 27 heavy (non-hydrogen) atoms. The Balaban J connectivity index is 1.55. The lowest BCUT2D eigenvalue weighted by molar-refractivity contribution is -0.146. The van der Waals surface area contributed by atoms with Crippen LogP contribution in [0.15, 0.2) is 18.2 Å². The predicted octanol–water partition coefficient (Wildman–Crippen LogP) is 4.53. The molecule has 0 bridgehead atoms. The summed E-state index contributed by atoms with van der Waals surface area (Å²) >= 11 is 13.2. The van der Waals surface area contributed by atoms with E-state index in [4.69, 9.17) is 27.9 Å². The molecule has 3 rings (SSSR count). The van der Waals surface area contributed by atoms with Crippen molar-refractivity contribution in [2.75, 3.05) is 11.9 Å². The fraction of sp³-hybridized carbons (Fsp3) is 0.316. The average Bonchev–Trinajstić information content (AvgIpc) is 3.00. The number of anilines is 1. The van der Waals surface area contributed by atoms with Gasteiger partial charge in [0.05, 0.1) is 22.0 Å². The monoisotopic (exact) mass is 422 g/mol. The Bertz CT molecular complexity index is 934. The zero-order chi connectivity index (χ0) is 19.4. The number of thiophene rings is 1. The molecule has 1 N–H and O–H groups in total. The summed E-state index contributed by atoms with van der Waals surface area (Å²) in [5.41, 5.74) is 2.22. The summed E-state index contributed by atoms with van der Waals surface area (Å²) < 4.78 is 5.02. The Morgan fingerprint density at radius 3 is 2.74 bits per heavy atom. The van der Waals surface area contributed by atoms with Gasteiger partial charge in [0, 0.05) is 4.88 Å². The number of nitriles is 1. The van der Waals surface area contributed by atoms with Crippen molar-refractivity contribution in [2.24, 2.45) is 0 Å². The summed E-state index contributed by atoms with van der Waals surface area (Å²) in [6.45, 7) is -0.409. The molecule has 140 valence electrons. The lowest BCUT2D eigenvalue weighted by Crippen LogP contribution is -2.21. The summed E-state index contributed by atoms with van der Waals surface area (Å²) in [7, 11) is 0. The highest BCUT2D eigenvalue weighted by Crippen LogP contribution is 2.37. The van der Waals surface area contributed by atoms with E-state index in [-0.39, 0.29) is 6.42 Å². The van der Waals surface area contributed by atoms with Gasteiger partial charge in [-0.25, -0.2) is 0 Å². The zero-order valence-corrected chi connectivity index (χ0v) is 16.6. The Morgan fingerprint density at radius 2 is 2.00 bits per heavy atom. The summed E-state index contributed by atoms with van der Waals surface area (Å²) in [5.74, 6) is -1.01. The number of rotatable bonds is 5. The van der Waals surface area contributed by atoms with Gasteiger partial charge in [-0.05, 0) is 48.9 Å². The number of hydrogen-bond donors (Lipinski definition) is 1. The van der Waals surface area contributed by atoms with Crippen molar-refractivity contribution in [1.29, 1.82) is 5.26 Å². The minimum absolute atomic E-state index is 0.0130. The smallest absolute Gasteiger partial charge is 0.310 e. The van der Waals surface area contributed by atoms with Crippen molar-refractivity contribution < 1.29 is 14.3 Å². The standard InChI is InChI=1S/C19H16Cl2N2O3S/c20-14-6-5-11(7-15(14)21)8-18(25)26-10-17(24)23-19-13(9-22)12-3-1-2-4-16(12)27-19/h5-7H,1-4,8,10H2,(H,23,24). The first kappa shape index (κ1) is 19.7. The summed E-state index contributed by atoms with van der Waals surface area (Å²) in [6, 6.07) is 7.03. The number of halogens is 2. The number of benzene rings is 1. The van der Waals surface area contributed by atoms with E-state index >= 15 is 0 Å². The molecule has 0 spiro atoms. The van der Waals surface area contributed by atoms with Crippen molar-refractivity contribution in [3.05, 3.63) is 49.8 Å². The third-order valence-electron chi connectivity index (χ3n) is 4.23. The first-order valence-corrected chi connectivity index (χ1v) is 9.99. The van der Waals surface area contributed by atoms with Gasteiger partial charge in [-0.15, -0.1) is 11.3 Å². The molecular formula is C19H16Cl2N2O3S. The predicted molar refractivity (Wildman–Crippen MR) is 105 cm³/mol. The first-order valence-electron chi connectivity index (χ1n) is 8.42. The van der Waals surface area contributed by atoms with Crippen molar-refractivity contribution in [2.45, 2.75) is 32.1 Å². The van der Waals surface area contributed by atoms with Crippen LogP contribution < -0.4 is 5.32 Å². The van der Waals surface area contributed by atoms with Crippen LogP contribution in [0.1, 0.15) is 34.4 Å². The molecule has 1 aliphatic carbocycles. The van der Waals surface area contributed by atoms with Crippen LogP contribution in [0.25, 0.3) is 0 Å². The summed E-state index contributed by atoms with van der Waals surface area (Å²) in [4.78, 5) is 25.2. The number of aryl methyl sites for hydroxylation is 1. The van der Waals surface area contributed by atoms with Gasteiger partial charge in [0.1, 0.15) is 11.1 Å².